The van der Waals surface area contributed by atoms with Gasteiger partial charge in [-0.05, 0) is 25.0 Å². The Kier molecular flexibility index (Phi) is 3.62. The second-order valence-corrected chi connectivity index (χ2v) is 4.59. The largest absolute Gasteiger partial charge is 0.220 e. The normalized spacial score (nSPS) is 16.8. The highest BCUT2D eigenvalue weighted by Crippen LogP contribution is 2.37. The Morgan fingerprint density at radius 3 is 2.69 bits per heavy atom. The highest BCUT2D eigenvalue weighted by molar-refractivity contribution is 8.07. The molecule has 2 heteroatoms. The van der Waals surface area contributed by atoms with Gasteiger partial charge in [-0.25, -0.2) is 4.40 Å². The van der Waals surface area contributed by atoms with Gasteiger partial charge in [0.15, 0.2) is 0 Å². The van der Waals surface area contributed by atoms with Crippen LogP contribution in [-0.2, 0) is 0 Å². The summed E-state index contributed by atoms with van der Waals surface area (Å²) in [5.74, 6) is 0. The van der Waals surface area contributed by atoms with Crippen LogP contribution in [-0.4, -0.2) is 5.71 Å². The van der Waals surface area contributed by atoms with Crippen molar-refractivity contribution < 1.29 is 0 Å². The van der Waals surface area contributed by atoms with Crippen LogP contribution < -0.4 is 0 Å². The smallest absolute Gasteiger partial charge is 0.0413 e. The highest BCUT2D eigenvalue weighted by atomic mass is 32.2. The summed E-state index contributed by atoms with van der Waals surface area (Å²) in [6.45, 7) is 4.14. The molecule has 0 aromatic heterocycles. The van der Waals surface area contributed by atoms with E-state index in [0.29, 0.717) is 0 Å². The van der Waals surface area contributed by atoms with E-state index in [-0.39, 0.29) is 0 Å². The zero-order chi connectivity index (χ0) is 11.4. The van der Waals surface area contributed by atoms with E-state index in [1.54, 1.807) is 11.9 Å². The Morgan fingerprint density at radius 2 is 2.00 bits per heavy atom. The second kappa shape index (κ2) is 5.17. The van der Waals surface area contributed by atoms with Crippen molar-refractivity contribution in [1.29, 1.82) is 0 Å². The van der Waals surface area contributed by atoms with Crippen LogP contribution in [0, 0.1) is 0 Å². The van der Waals surface area contributed by atoms with Gasteiger partial charge in [-0.1, -0.05) is 42.5 Å². The van der Waals surface area contributed by atoms with E-state index in [1.807, 2.05) is 6.07 Å². The van der Waals surface area contributed by atoms with Crippen molar-refractivity contribution in [3.8, 4) is 0 Å². The second-order valence-electron chi connectivity index (χ2n) is 3.82. The maximum atomic E-state index is 4.46. The first kappa shape index (κ1) is 11.2. The molecule has 0 atom stereocenters. The molecule has 1 aromatic rings. The summed E-state index contributed by atoms with van der Waals surface area (Å²) < 4.78 is 4.46. The summed E-state index contributed by atoms with van der Waals surface area (Å²) in [7, 11) is 0. The van der Waals surface area contributed by atoms with E-state index < -0.39 is 0 Å². The van der Waals surface area contributed by atoms with Crippen molar-refractivity contribution in [2.24, 2.45) is 4.40 Å². The summed E-state index contributed by atoms with van der Waals surface area (Å²) in [6, 6.07) is 10.5. The van der Waals surface area contributed by atoms with E-state index in [0.717, 1.165) is 6.42 Å². The Morgan fingerprint density at radius 1 is 1.25 bits per heavy atom. The van der Waals surface area contributed by atoms with Crippen molar-refractivity contribution in [2.75, 3.05) is 0 Å². The van der Waals surface area contributed by atoms with Gasteiger partial charge in [0, 0.05) is 29.0 Å². The number of allylic oxidation sites excluding steroid dienone is 3. The first-order valence-corrected chi connectivity index (χ1v) is 6.20. The summed E-state index contributed by atoms with van der Waals surface area (Å²) in [5, 5.41) is 0. The Bertz CT molecular complexity index is 455. The quantitative estimate of drug-likeness (QED) is 0.681. The number of hydrogen-bond donors (Lipinski definition) is 0. The molecule has 0 amide bonds. The average molecular weight is 229 g/mol. The third kappa shape index (κ3) is 2.45. The van der Waals surface area contributed by atoms with Gasteiger partial charge in [-0.2, -0.15) is 0 Å². The van der Waals surface area contributed by atoms with Crippen molar-refractivity contribution >= 4 is 22.6 Å². The third-order valence-electron chi connectivity index (χ3n) is 2.43. The van der Waals surface area contributed by atoms with Crippen molar-refractivity contribution in [1.82, 2.24) is 0 Å². The van der Waals surface area contributed by atoms with Gasteiger partial charge in [0.1, 0.15) is 0 Å². The van der Waals surface area contributed by atoms with Crippen LogP contribution >= 0.6 is 11.9 Å². The standard InChI is InChI=1S/C14H15NS/c1-3-7-13-10-11(2)15-16-14(13)12-8-5-4-6-9-12/h3-9H,10H2,1-2H3/b7-3+. The van der Waals surface area contributed by atoms with Crippen LogP contribution in [0.15, 0.2) is 52.5 Å². The van der Waals surface area contributed by atoms with Gasteiger partial charge < -0.3 is 0 Å². The maximum absolute atomic E-state index is 4.46. The molecule has 16 heavy (non-hydrogen) atoms. The molecule has 0 N–H and O–H groups in total. The van der Waals surface area contributed by atoms with Gasteiger partial charge in [0.2, 0.25) is 0 Å². The lowest BCUT2D eigenvalue weighted by Gasteiger charge is -2.15. The van der Waals surface area contributed by atoms with Crippen LogP contribution in [0.25, 0.3) is 4.91 Å². The summed E-state index contributed by atoms with van der Waals surface area (Å²) in [6.07, 6.45) is 5.24. The third-order valence-corrected chi connectivity index (χ3v) is 3.52. The first-order chi connectivity index (χ1) is 7.81. The van der Waals surface area contributed by atoms with Gasteiger partial charge in [0.25, 0.3) is 0 Å². The zero-order valence-corrected chi connectivity index (χ0v) is 10.4. The fourth-order valence-electron chi connectivity index (χ4n) is 1.73. The first-order valence-electron chi connectivity index (χ1n) is 5.43. The molecule has 2 rings (SSSR count). The summed E-state index contributed by atoms with van der Waals surface area (Å²) in [4.78, 5) is 1.28. The van der Waals surface area contributed by atoms with Gasteiger partial charge in [-0.3, -0.25) is 0 Å². The molecular weight excluding hydrogens is 214 g/mol. The number of nitrogens with zero attached hydrogens (tertiary/aromatic N) is 1. The molecule has 1 aliphatic heterocycles. The van der Waals surface area contributed by atoms with Crippen LogP contribution in [0.3, 0.4) is 0 Å². The molecule has 0 bridgehead atoms. The number of hydrogen-bond acceptors (Lipinski definition) is 2. The minimum atomic E-state index is 0.960. The van der Waals surface area contributed by atoms with Crippen molar-refractivity contribution in [3.05, 3.63) is 53.6 Å². The lowest BCUT2D eigenvalue weighted by atomic mass is 10.0. The lowest BCUT2D eigenvalue weighted by Crippen LogP contribution is -1.99. The molecule has 1 nitrogen and oxygen atoms in total. The lowest BCUT2D eigenvalue weighted by molar-refractivity contribution is 1.33. The monoisotopic (exact) mass is 229 g/mol. The van der Waals surface area contributed by atoms with E-state index in [9.17, 15) is 0 Å². The Hall–Kier alpha value is -1.28. The van der Waals surface area contributed by atoms with E-state index >= 15 is 0 Å². The molecule has 1 aliphatic rings. The summed E-state index contributed by atoms with van der Waals surface area (Å²) in [5.41, 5.74) is 3.82. The molecule has 1 heterocycles. The van der Waals surface area contributed by atoms with Crippen molar-refractivity contribution in [3.63, 3.8) is 0 Å². The minimum absolute atomic E-state index is 0.960. The van der Waals surface area contributed by atoms with Crippen LogP contribution in [0.2, 0.25) is 0 Å². The van der Waals surface area contributed by atoms with Crippen molar-refractivity contribution in [2.45, 2.75) is 20.3 Å². The highest BCUT2D eigenvalue weighted by Gasteiger charge is 2.13. The molecule has 0 spiro atoms. The minimum Gasteiger partial charge on any atom is -0.220 e. The summed E-state index contributed by atoms with van der Waals surface area (Å²) >= 11 is 1.59. The molecule has 1 aromatic carbocycles. The zero-order valence-electron chi connectivity index (χ0n) is 9.60. The van der Waals surface area contributed by atoms with Crippen LogP contribution in [0.1, 0.15) is 25.8 Å². The predicted molar refractivity (Wildman–Crippen MR) is 73.5 cm³/mol. The maximum Gasteiger partial charge on any atom is 0.0413 e. The van der Waals surface area contributed by atoms with Crippen LogP contribution in [0.4, 0.5) is 0 Å². The fraction of sp³-hybridized carbons (Fsp3) is 0.214. The van der Waals surface area contributed by atoms with E-state index in [4.69, 9.17) is 0 Å². The average Bonchev–Trinajstić information content (AvgIpc) is 2.31. The topological polar surface area (TPSA) is 12.4 Å². The van der Waals surface area contributed by atoms with Gasteiger partial charge >= 0.3 is 0 Å². The molecular formula is C14H15NS. The molecule has 0 saturated heterocycles. The number of rotatable bonds is 2. The predicted octanol–water partition coefficient (Wildman–Crippen LogP) is 4.49. The van der Waals surface area contributed by atoms with Gasteiger partial charge in [0.05, 0.1) is 0 Å². The SMILES string of the molecule is C/C=C/C1=C(c2ccccc2)SN=C(C)C1. The molecule has 82 valence electrons. The van der Waals surface area contributed by atoms with E-state index in [2.05, 4.69) is 54.7 Å². The van der Waals surface area contributed by atoms with E-state index in [1.165, 1.54) is 21.8 Å². The Labute approximate surface area is 101 Å². The Balaban J connectivity index is 2.40. The van der Waals surface area contributed by atoms with Crippen LogP contribution in [0.5, 0.6) is 0 Å². The molecule has 0 fully saturated rings. The molecule has 0 saturated carbocycles. The molecule has 0 unspecified atom stereocenters. The molecule has 0 aliphatic carbocycles. The molecule has 0 radical (unpaired) electrons. The van der Waals surface area contributed by atoms with Gasteiger partial charge in [-0.15, -0.1) is 0 Å². The fourth-order valence-corrected chi connectivity index (χ4v) is 2.54. The number of benzene rings is 1.